The maximum Gasteiger partial charge on any atom is 0.225 e. The van der Waals surface area contributed by atoms with Crippen LogP contribution in [0.5, 0.6) is 0 Å². The molecule has 0 aliphatic carbocycles. The van der Waals surface area contributed by atoms with Gasteiger partial charge in [0.25, 0.3) is 0 Å². The average molecular weight is 256 g/mol. The summed E-state index contributed by atoms with van der Waals surface area (Å²) in [5.41, 5.74) is 7.03. The molecule has 0 unspecified atom stereocenters. The van der Waals surface area contributed by atoms with Gasteiger partial charge in [-0.3, -0.25) is 0 Å². The van der Waals surface area contributed by atoms with Crippen LogP contribution in [-0.4, -0.2) is 44.3 Å². The Morgan fingerprint density at radius 1 is 1.53 bits per heavy atom. The van der Waals surface area contributed by atoms with Crippen LogP contribution in [0.25, 0.3) is 0 Å². The van der Waals surface area contributed by atoms with Gasteiger partial charge in [-0.15, -0.1) is 0 Å². The van der Waals surface area contributed by atoms with E-state index in [1.165, 1.54) is 0 Å². The SMILES string of the molecule is CN(CCN)c1ncc2c(n1)CCS(=O)(=O)C2. The number of aryl methyl sites for hydroxylation is 1. The summed E-state index contributed by atoms with van der Waals surface area (Å²) in [4.78, 5) is 10.4. The van der Waals surface area contributed by atoms with Crippen LogP contribution in [0, 0.1) is 0 Å². The van der Waals surface area contributed by atoms with Crippen molar-refractivity contribution in [2.75, 3.05) is 30.8 Å². The molecule has 94 valence electrons. The maximum atomic E-state index is 11.5. The van der Waals surface area contributed by atoms with Crippen LogP contribution in [0.2, 0.25) is 0 Å². The molecular weight excluding hydrogens is 240 g/mol. The first kappa shape index (κ1) is 12.3. The second kappa shape index (κ2) is 4.58. The van der Waals surface area contributed by atoms with E-state index in [4.69, 9.17) is 5.73 Å². The fourth-order valence-corrected chi connectivity index (χ4v) is 3.17. The van der Waals surface area contributed by atoms with Crippen LogP contribution in [-0.2, 0) is 22.0 Å². The first-order valence-electron chi connectivity index (χ1n) is 5.48. The minimum Gasteiger partial charge on any atom is -0.343 e. The summed E-state index contributed by atoms with van der Waals surface area (Å²) in [6.07, 6.45) is 2.09. The van der Waals surface area contributed by atoms with Gasteiger partial charge in [-0.1, -0.05) is 0 Å². The summed E-state index contributed by atoms with van der Waals surface area (Å²) in [6, 6.07) is 0. The molecule has 2 N–H and O–H groups in total. The molecule has 1 aromatic heterocycles. The van der Waals surface area contributed by atoms with Gasteiger partial charge in [0, 0.05) is 38.3 Å². The summed E-state index contributed by atoms with van der Waals surface area (Å²) in [7, 11) is -1.08. The Morgan fingerprint density at radius 2 is 2.29 bits per heavy atom. The molecule has 6 nitrogen and oxygen atoms in total. The van der Waals surface area contributed by atoms with Crippen LogP contribution >= 0.6 is 0 Å². The first-order valence-corrected chi connectivity index (χ1v) is 7.30. The predicted molar refractivity (Wildman–Crippen MR) is 65.6 cm³/mol. The van der Waals surface area contributed by atoms with Gasteiger partial charge >= 0.3 is 0 Å². The fraction of sp³-hybridized carbons (Fsp3) is 0.600. The first-order chi connectivity index (χ1) is 8.02. The standard InChI is InChI=1S/C10H16N4O2S/c1-14(4-3-11)10-12-6-8-7-17(15,16)5-2-9(8)13-10/h6H,2-5,7,11H2,1H3. The van der Waals surface area contributed by atoms with Crippen LogP contribution in [0.1, 0.15) is 11.3 Å². The highest BCUT2D eigenvalue weighted by Crippen LogP contribution is 2.19. The minimum absolute atomic E-state index is 0.0587. The fourth-order valence-electron chi connectivity index (χ4n) is 1.81. The van der Waals surface area contributed by atoms with Crippen LogP contribution in [0.15, 0.2) is 6.20 Å². The van der Waals surface area contributed by atoms with E-state index < -0.39 is 9.84 Å². The second-order valence-electron chi connectivity index (χ2n) is 4.19. The summed E-state index contributed by atoms with van der Waals surface area (Å²) in [6.45, 7) is 1.21. The van der Waals surface area contributed by atoms with E-state index in [9.17, 15) is 8.42 Å². The Morgan fingerprint density at radius 3 is 3.00 bits per heavy atom. The highest BCUT2D eigenvalue weighted by molar-refractivity contribution is 7.90. The van der Waals surface area contributed by atoms with Gasteiger partial charge in [0.15, 0.2) is 9.84 Å². The lowest BCUT2D eigenvalue weighted by atomic mass is 10.2. The zero-order valence-corrected chi connectivity index (χ0v) is 10.6. The highest BCUT2D eigenvalue weighted by atomic mass is 32.2. The van der Waals surface area contributed by atoms with E-state index in [0.29, 0.717) is 25.5 Å². The number of aromatic nitrogens is 2. The van der Waals surface area contributed by atoms with Crippen molar-refractivity contribution in [3.8, 4) is 0 Å². The summed E-state index contributed by atoms with van der Waals surface area (Å²) in [5, 5.41) is 0. The molecule has 7 heteroatoms. The van der Waals surface area contributed by atoms with Crippen molar-refractivity contribution in [1.82, 2.24) is 9.97 Å². The number of nitrogens with zero attached hydrogens (tertiary/aromatic N) is 3. The minimum atomic E-state index is -2.95. The molecule has 0 radical (unpaired) electrons. The lowest BCUT2D eigenvalue weighted by Crippen LogP contribution is -2.28. The molecule has 0 saturated heterocycles. The number of nitrogens with two attached hydrogens (primary N) is 1. The monoisotopic (exact) mass is 256 g/mol. The second-order valence-corrected chi connectivity index (χ2v) is 6.38. The number of hydrogen-bond donors (Lipinski definition) is 1. The Balaban J connectivity index is 2.27. The van der Waals surface area contributed by atoms with Crippen LogP contribution < -0.4 is 10.6 Å². The molecule has 0 bridgehead atoms. The maximum absolute atomic E-state index is 11.5. The lowest BCUT2D eigenvalue weighted by molar-refractivity contribution is 0.590. The highest BCUT2D eigenvalue weighted by Gasteiger charge is 2.23. The van der Waals surface area contributed by atoms with Crippen molar-refractivity contribution < 1.29 is 8.42 Å². The number of sulfone groups is 1. The van der Waals surface area contributed by atoms with Crippen molar-refractivity contribution in [3.05, 3.63) is 17.5 Å². The Hall–Kier alpha value is -1.21. The molecule has 0 fully saturated rings. The molecule has 2 heterocycles. The van der Waals surface area contributed by atoms with E-state index in [2.05, 4.69) is 9.97 Å². The van der Waals surface area contributed by atoms with Gasteiger partial charge in [-0.2, -0.15) is 0 Å². The van der Waals surface area contributed by atoms with Gasteiger partial charge in [0.1, 0.15) is 0 Å². The third-order valence-corrected chi connectivity index (χ3v) is 4.35. The van der Waals surface area contributed by atoms with E-state index >= 15 is 0 Å². The largest absolute Gasteiger partial charge is 0.343 e. The molecule has 0 saturated carbocycles. The van der Waals surface area contributed by atoms with E-state index in [1.807, 2.05) is 11.9 Å². The van der Waals surface area contributed by atoms with Gasteiger partial charge in [-0.05, 0) is 0 Å². The Labute approximate surface area is 101 Å². The van der Waals surface area contributed by atoms with E-state index in [-0.39, 0.29) is 11.5 Å². The molecule has 1 aliphatic rings. The van der Waals surface area contributed by atoms with Crippen molar-refractivity contribution in [2.24, 2.45) is 5.73 Å². The molecule has 0 atom stereocenters. The lowest BCUT2D eigenvalue weighted by Gasteiger charge is -2.20. The smallest absolute Gasteiger partial charge is 0.225 e. The third kappa shape index (κ3) is 2.73. The van der Waals surface area contributed by atoms with Crippen molar-refractivity contribution in [1.29, 1.82) is 0 Å². The zero-order valence-electron chi connectivity index (χ0n) is 9.76. The van der Waals surface area contributed by atoms with E-state index in [0.717, 1.165) is 11.3 Å². The molecule has 1 aliphatic heterocycles. The summed E-state index contributed by atoms with van der Waals surface area (Å²) >= 11 is 0. The Bertz CT molecular complexity index is 515. The van der Waals surface area contributed by atoms with Crippen molar-refractivity contribution in [3.63, 3.8) is 0 Å². The molecule has 2 rings (SSSR count). The van der Waals surface area contributed by atoms with Gasteiger partial charge in [-0.25, -0.2) is 18.4 Å². The molecule has 1 aromatic rings. The number of hydrogen-bond acceptors (Lipinski definition) is 6. The normalized spacial score (nSPS) is 17.5. The molecule has 0 aromatic carbocycles. The van der Waals surface area contributed by atoms with Crippen LogP contribution in [0.4, 0.5) is 5.95 Å². The number of rotatable bonds is 3. The summed E-state index contributed by atoms with van der Waals surface area (Å²) < 4.78 is 22.9. The molecule has 0 spiro atoms. The zero-order chi connectivity index (χ0) is 12.5. The van der Waals surface area contributed by atoms with Gasteiger partial charge < -0.3 is 10.6 Å². The van der Waals surface area contributed by atoms with Gasteiger partial charge in [0.05, 0.1) is 17.2 Å². The molecule has 17 heavy (non-hydrogen) atoms. The number of fused-ring (bicyclic) bond motifs is 1. The predicted octanol–water partition coefficient (Wildman–Crippen LogP) is -0.658. The topological polar surface area (TPSA) is 89.2 Å². The summed E-state index contributed by atoms with van der Waals surface area (Å²) in [5.74, 6) is 0.841. The third-order valence-electron chi connectivity index (χ3n) is 2.77. The average Bonchev–Trinajstić information content (AvgIpc) is 2.27. The van der Waals surface area contributed by atoms with E-state index in [1.54, 1.807) is 6.20 Å². The number of anilines is 1. The molecular formula is C10H16N4O2S. The molecule has 0 amide bonds. The Kier molecular flexibility index (Phi) is 3.30. The van der Waals surface area contributed by atoms with Crippen LogP contribution in [0.3, 0.4) is 0 Å². The van der Waals surface area contributed by atoms with Gasteiger partial charge in [0.2, 0.25) is 5.95 Å². The quantitative estimate of drug-likeness (QED) is 0.772. The van der Waals surface area contributed by atoms with Crippen molar-refractivity contribution in [2.45, 2.75) is 12.2 Å². The number of likely N-dealkylation sites (N-methyl/N-ethyl adjacent to an activating group) is 1. The van der Waals surface area contributed by atoms with Crippen molar-refractivity contribution >= 4 is 15.8 Å².